The molecule has 1 fully saturated rings. The highest BCUT2D eigenvalue weighted by Crippen LogP contribution is 2.21. The average Bonchev–Trinajstić information content (AvgIpc) is 2.14. The van der Waals surface area contributed by atoms with Gasteiger partial charge in [-0.05, 0) is 15.8 Å². The molecule has 0 saturated carbocycles. The van der Waals surface area contributed by atoms with Crippen molar-refractivity contribution in [2.75, 3.05) is 0 Å². The van der Waals surface area contributed by atoms with E-state index in [2.05, 4.69) is 9.39 Å². The molecule has 0 aromatic heterocycles. The van der Waals surface area contributed by atoms with Crippen LogP contribution in [0.1, 0.15) is 12.8 Å². The quantitative estimate of drug-likeness (QED) is 0.544. The van der Waals surface area contributed by atoms with E-state index in [1.807, 2.05) is 0 Å². The van der Waals surface area contributed by atoms with Gasteiger partial charge in [-0.2, -0.15) is 0 Å². The van der Waals surface area contributed by atoms with E-state index >= 15 is 0 Å². The fraction of sp³-hybridized carbons (Fsp3) is 0.600. The number of hydrogen-bond donors (Lipinski definition) is 1. The predicted molar refractivity (Wildman–Crippen MR) is 37.2 cm³/mol. The molecule has 0 spiro atoms. The number of aliphatic carboxylic acids is 1. The summed E-state index contributed by atoms with van der Waals surface area (Å²) in [5, 5.41) is 8.49. The molecule has 4 nitrogen and oxygen atoms in total. The van der Waals surface area contributed by atoms with Gasteiger partial charge >= 0.3 is 5.97 Å². The van der Waals surface area contributed by atoms with Crippen LogP contribution in [0.4, 0.5) is 0 Å². The van der Waals surface area contributed by atoms with Gasteiger partial charge in [-0.15, -0.1) is 0 Å². The molecule has 0 aromatic rings. The van der Waals surface area contributed by atoms with Gasteiger partial charge in [0.2, 0.25) is 5.91 Å². The molecular formula is C5H8NO3P. The molecule has 5 heteroatoms. The fourth-order valence-electron chi connectivity index (χ4n) is 0.945. The maximum Gasteiger partial charge on any atom is 0.326 e. The second-order valence-corrected chi connectivity index (χ2v) is 2.75. The highest BCUT2D eigenvalue weighted by atomic mass is 31.0. The molecule has 0 bridgehead atoms. The summed E-state index contributed by atoms with van der Waals surface area (Å²) >= 11 is 0. The molecule has 0 aliphatic carbocycles. The fourth-order valence-corrected chi connectivity index (χ4v) is 1.35. The highest BCUT2D eigenvalue weighted by molar-refractivity contribution is 7.14. The van der Waals surface area contributed by atoms with Crippen molar-refractivity contribution in [1.82, 2.24) is 4.67 Å². The van der Waals surface area contributed by atoms with Gasteiger partial charge in [0, 0.05) is 6.42 Å². The smallest absolute Gasteiger partial charge is 0.326 e. The van der Waals surface area contributed by atoms with Crippen molar-refractivity contribution in [3.05, 3.63) is 0 Å². The summed E-state index contributed by atoms with van der Waals surface area (Å²) < 4.78 is 1.20. The summed E-state index contributed by atoms with van der Waals surface area (Å²) in [6, 6.07) is -0.627. The van der Waals surface area contributed by atoms with Crippen LogP contribution in [0.5, 0.6) is 0 Å². The molecule has 1 aliphatic rings. The Morgan fingerprint density at radius 2 is 2.40 bits per heavy atom. The minimum absolute atomic E-state index is 0.114. The van der Waals surface area contributed by atoms with E-state index in [4.69, 9.17) is 5.11 Å². The van der Waals surface area contributed by atoms with Crippen molar-refractivity contribution in [2.45, 2.75) is 18.9 Å². The van der Waals surface area contributed by atoms with E-state index in [1.165, 1.54) is 4.67 Å². The number of hydrogen-bond acceptors (Lipinski definition) is 2. The molecule has 2 atom stereocenters. The van der Waals surface area contributed by atoms with E-state index in [-0.39, 0.29) is 5.91 Å². The van der Waals surface area contributed by atoms with Gasteiger partial charge < -0.3 is 9.78 Å². The molecule has 0 radical (unpaired) electrons. The van der Waals surface area contributed by atoms with Crippen LogP contribution >= 0.6 is 9.39 Å². The van der Waals surface area contributed by atoms with E-state index in [0.717, 1.165) is 0 Å². The predicted octanol–water partition coefficient (Wildman–Crippen LogP) is -0.148. The molecule has 0 aromatic carbocycles. The maximum absolute atomic E-state index is 10.7. The van der Waals surface area contributed by atoms with E-state index in [0.29, 0.717) is 12.8 Å². The van der Waals surface area contributed by atoms with Crippen molar-refractivity contribution in [2.24, 2.45) is 0 Å². The molecule has 1 N–H and O–H groups in total. The SMILES string of the molecule is O=C(O)[C@@H]1CCC(=O)N1P. The molecule has 56 valence electrons. The number of amides is 1. The maximum atomic E-state index is 10.7. The van der Waals surface area contributed by atoms with Crippen LogP contribution in [0.25, 0.3) is 0 Å². The van der Waals surface area contributed by atoms with Crippen LogP contribution in [-0.2, 0) is 9.59 Å². The van der Waals surface area contributed by atoms with Gasteiger partial charge in [0.1, 0.15) is 6.04 Å². The first kappa shape index (κ1) is 7.48. The van der Waals surface area contributed by atoms with Crippen LogP contribution in [0.3, 0.4) is 0 Å². The van der Waals surface area contributed by atoms with Crippen LogP contribution in [0.15, 0.2) is 0 Å². The number of carboxylic acid groups (broad SMARTS) is 1. The lowest BCUT2D eigenvalue weighted by atomic mass is 10.2. The monoisotopic (exact) mass is 161 g/mol. The van der Waals surface area contributed by atoms with Crippen molar-refractivity contribution in [1.29, 1.82) is 0 Å². The molecular weight excluding hydrogens is 153 g/mol. The normalized spacial score (nSPS) is 25.5. The van der Waals surface area contributed by atoms with Gasteiger partial charge in [0.25, 0.3) is 0 Å². The molecule has 1 saturated heterocycles. The van der Waals surface area contributed by atoms with Gasteiger partial charge in [-0.3, -0.25) is 4.79 Å². The van der Waals surface area contributed by atoms with Crippen molar-refractivity contribution >= 4 is 21.3 Å². The summed E-state index contributed by atoms with van der Waals surface area (Å²) in [6.45, 7) is 0. The Morgan fingerprint density at radius 1 is 1.80 bits per heavy atom. The first-order valence-electron chi connectivity index (χ1n) is 2.92. The topological polar surface area (TPSA) is 57.6 Å². The summed E-state index contributed by atoms with van der Waals surface area (Å²) in [5.41, 5.74) is 0. The molecule has 1 aliphatic heterocycles. The molecule has 1 rings (SSSR count). The number of carboxylic acids is 1. The second-order valence-electron chi connectivity index (χ2n) is 2.19. The van der Waals surface area contributed by atoms with E-state index < -0.39 is 12.0 Å². The number of rotatable bonds is 1. The highest BCUT2D eigenvalue weighted by Gasteiger charge is 2.32. The zero-order valence-electron chi connectivity index (χ0n) is 5.28. The van der Waals surface area contributed by atoms with Crippen LogP contribution in [-0.4, -0.2) is 27.7 Å². The Kier molecular flexibility index (Phi) is 1.90. The lowest BCUT2D eigenvalue weighted by Gasteiger charge is -2.13. The molecule has 10 heavy (non-hydrogen) atoms. The average molecular weight is 161 g/mol. The summed E-state index contributed by atoms with van der Waals surface area (Å²) in [6.07, 6.45) is 0.776. The van der Waals surface area contributed by atoms with Gasteiger partial charge in [0.05, 0.1) is 0 Å². The third kappa shape index (κ3) is 1.12. The number of nitrogens with zero attached hydrogens (tertiary/aromatic N) is 1. The third-order valence-corrected chi connectivity index (χ3v) is 2.19. The Morgan fingerprint density at radius 3 is 2.60 bits per heavy atom. The first-order valence-corrected chi connectivity index (χ1v) is 3.44. The Balaban J connectivity index is 2.66. The Labute approximate surface area is 60.5 Å². The molecule has 1 heterocycles. The third-order valence-electron chi connectivity index (χ3n) is 1.54. The number of carbonyl (C=O) groups excluding carboxylic acids is 1. The Hall–Kier alpha value is -0.630. The molecule has 1 amide bonds. The van der Waals surface area contributed by atoms with E-state index in [1.54, 1.807) is 0 Å². The molecule has 1 unspecified atom stereocenters. The lowest BCUT2D eigenvalue weighted by molar-refractivity contribution is -0.142. The number of carbonyl (C=O) groups is 2. The van der Waals surface area contributed by atoms with Crippen LogP contribution in [0.2, 0.25) is 0 Å². The summed E-state index contributed by atoms with van der Waals surface area (Å²) in [4.78, 5) is 21.1. The van der Waals surface area contributed by atoms with Crippen molar-refractivity contribution in [3.63, 3.8) is 0 Å². The van der Waals surface area contributed by atoms with Crippen LogP contribution < -0.4 is 0 Å². The van der Waals surface area contributed by atoms with Gasteiger partial charge in [-0.1, -0.05) is 0 Å². The second kappa shape index (κ2) is 2.54. The largest absolute Gasteiger partial charge is 0.480 e. The zero-order chi connectivity index (χ0) is 7.72. The van der Waals surface area contributed by atoms with Crippen molar-refractivity contribution in [3.8, 4) is 0 Å². The van der Waals surface area contributed by atoms with Gasteiger partial charge in [0.15, 0.2) is 0 Å². The van der Waals surface area contributed by atoms with E-state index in [9.17, 15) is 9.59 Å². The van der Waals surface area contributed by atoms with Crippen molar-refractivity contribution < 1.29 is 14.7 Å². The Bertz CT molecular complexity index is 182. The standard InChI is InChI=1S/C5H8NO3P/c7-4-2-1-3(5(8)9)6(4)10/h3H,1-2,10H2,(H,8,9)/t3-/m0/s1. The minimum Gasteiger partial charge on any atom is -0.480 e. The van der Waals surface area contributed by atoms with Gasteiger partial charge in [-0.25, -0.2) is 4.79 Å². The minimum atomic E-state index is -0.930. The summed E-state index contributed by atoms with van der Waals surface area (Å²) in [7, 11) is 2.12. The van der Waals surface area contributed by atoms with Crippen LogP contribution in [0, 0.1) is 0 Å². The zero-order valence-corrected chi connectivity index (χ0v) is 6.43. The first-order chi connectivity index (χ1) is 4.63. The summed E-state index contributed by atoms with van der Waals surface area (Å²) in [5.74, 6) is -1.04. The lowest BCUT2D eigenvalue weighted by Crippen LogP contribution is -2.30.